The second-order valence-corrected chi connectivity index (χ2v) is 5.99. The third kappa shape index (κ3) is 5.11. The van der Waals surface area contributed by atoms with Crippen molar-refractivity contribution in [3.63, 3.8) is 0 Å². The van der Waals surface area contributed by atoms with E-state index in [0.29, 0.717) is 18.7 Å². The number of aryl methyl sites for hydroxylation is 2. The van der Waals surface area contributed by atoms with Gasteiger partial charge in [-0.05, 0) is 31.4 Å². The molecular weight excluding hydrogens is 294 g/mol. The number of rotatable bonds is 7. The molecule has 0 aromatic heterocycles. The van der Waals surface area contributed by atoms with Gasteiger partial charge in [0.1, 0.15) is 22.6 Å². The molecule has 118 valence electrons. The standard InChI is InChI=1S/C14H21NO5S/c1-4-12-8-6-7-11(3)14(12)15(10-20-5-2)13(16)9-21(17,18)19/h6-8H,4-5,9-10H2,1-3H3,(H,17,18,19)/p-1. The van der Waals surface area contributed by atoms with Gasteiger partial charge in [0.25, 0.3) is 0 Å². The highest BCUT2D eigenvalue weighted by atomic mass is 32.2. The molecule has 0 saturated carbocycles. The van der Waals surface area contributed by atoms with Crippen LogP contribution in [0.2, 0.25) is 0 Å². The van der Waals surface area contributed by atoms with Crippen LogP contribution in [0.1, 0.15) is 25.0 Å². The highest BCUT2D eigenvalue weighted by Gasteiger charge is 2.21. The van der Waals surface area contributed by atoms with Crippen LogP contribution in [0.25, 0.3) is 0 Å². The van der Waals surface area contributed by atoms with Crippen LogP contribution in [0.4, 0.5) is 5.69 Å². The molecule has 0 aliphatic carbocycles. The summed E-state index contributed by atoms with van der Waals surface area (Å²) < 4.78 is 37.8. The van der Waals surface area contributed by atoms with Crippen molar-refractivity contribution in [2.24, 2.45) is 0 Å². The molecule has 0 saturated heterocycles. The number of hydrogen-bond donors (Lipinski definition) is 0. The minimum Gasteiger partial charge on any atom is -0.748 e. The molecule has 0 fully saturated rings. The van der Waals surface area contributed by atoms with Gasteiger partial charge in [-0.25, -0.2) is 8.42 Å². The minimum absolute atomic E-state index is 0.0806. The van der Waals surface area contributed by atoms with Crippen LogP contribution in [0, 0.1) is 6.92 Å². The number of hydrogen-bond acceptors (Lipinski definition) is 5. The van der Waals surface area contributed by atoms with E-state index in [1.165, 1.54) is 4.90 Å². The Hall–Kier alpha value is -1.44. The lowest BCUT2D eigenvalue weighted by atomic mass is 10.0. The summed E-state index contributed by atoms with van der Waals surface area (Å²) in [6.45, 7) is 5.83. The lowest BCUT2D eigenvalue weighted by molar-refractivity contribution is -0.117. The van der Waals surface area contributed by atoms with E-state index in [0.717, 1.165) is 11.1 Å². The molecule has 1 aromatic carbocycles. The van der Waals surface area contributed by atoms with Gasteiger partial charge in [-0.2, -0.15) is 0 Å². The Balaban J connectivity index is 3.22. The van der Waals surface area contributed by atoms with E-state index in [1.807, 2.05) is 32.0 Å². The summed E-state index contributed by atoms with van der Waals surface area (Å²) in [5.74, 6) is -1.85. The van der Waals surface area contributed by atoms with Gasteiger partial charge in [-0.15, -0.1) is 0 Å². The third-order valence-corrected chi connectivity index (χ3v) is 3.60. The summed E-state index contributed by atoms with van der Waals surface area (Å²) in [6.07, 6.45) is 0.678. The molecule has 0 spiro atoms. The van der Waals surface area contributed by atoms with Crippen LogP contribution >= 0.6 is 0 Å². The Kier molecular flexibility index (Phi) is 6.32. The van der Waals surface area contributed by atoms with E-state index < -0.39 is 21.8 Å². The first-order chi connectivity index (χ1) is 9.80. The van der Waals surface area contributed by atoms with Gasteiger partial charge in [0.05, 0.1) is 5.69 Å². The van der Waals surface area contributed by atoms with Gasteiger partial charge in [-0.3, -0.25) is 9.69 Å². The van der Waals surface area contributed by atoms with E-state index in [4.69, 9.17) is 4.74 Å². The highest BCUT2D eigenvalue weighted by Crippen LogP contribution is 2.26. The number of nitrogens with zero attached hydrogens (tertiary/aromatic N) is 1. The monoisotopic (exact) mass is 314 g/mol. The average Bonchev–Trinajstić information content (AvgIpc) is 2.38. The summed E-state index contributed by atoms with van der Waals surface area (Å²) >= 11 is 0. The summed E-state index contributed by atoms with van der Waals surface area (Å²) in [6, 6.07) is 5.55. The van der Waals surface area contributed by atoms with Gasteiger partial charge >= 0.3 is 0 Å². The van der Waals surface area contributed by atoms with Crippen molar-refractivity contribution in [3.8, 4) is 0 Å². The molecule has 0 N–H and O–H groups in total. The summed E-state index contributed by atoms with van der Waals surface area (Å²) in [7, 11) is -4.63. The van der Waals surface area contributed by atoms with Crippen molar-refractivity contribution in [2.45, 2.75) is 27.2 Å². The number of amides is 1. The number of benzene rings is 1. The Morgan fingerprint density at radius 1 is 1.33 bits per heavy atom. The molecule has 0 bridgehead atoms. The van der Waals surface area contributed by atoms with Crippen LogP contribution in [0.5, 0.6) is 0 Å². The lowest BCUT2D eigenvalue weighted by Crippen LogP contribution is -2.38. The maximum absolute atomic E-state index is 12.2. The second kappa shape index (κ2) is 7.53. The molecule has 0 aliphatic rings. The highest BCUT2D eigenvalue weighted by molar-refractivity contribution is 7.86. The fraction of sp³-hybridized carbons (Fsp3) is 0.500. The van der Waals surface area contributed by atoms with Gasteiger partial charge < -0.3 is 9.29 Å². The van der Waals surface area contributed by atoms with E-state index >= 15 is 0 Å². The van der Waals surface area contributed by atoms with Crippen molar-refractivity contribution >= 4 is 21.7 Å². The largest absolute Gasteiger partial charge is 0.748 e. The predicted octanol–water partition coefficient (Wildman–Crippen LogP) is 1.43. The average molecular weight is 314 g/mol. The number of ether oxygens (including phenoxy) is 1. The van der Waals surface area contributed by atoms with Gasteiger partial charge in [0, 0.05) is 6.61 Å². The Bertz CT molecular complexity index is 597. The molecule has 0 radical (unpaired) electrons. The van der Waals surface area contributed by atoms with Crippen molar-refractivity contribution < 1.29 is 22.5 Å². The SMILES string of the molecule is CCOCN(C(=O)CS(=O)(=O)[O-])c1c(C)cccc1CC. The van der Waals surface area contributed by atoms with Gasteiger partial charge in [-0.1, -0.05) is 25.1 Å². The van der Waals surface area contributed by atoms with Gasteiger partial charge in [0.15, 0.2) is 0 Å². The topological polar surface area (TPSA) is 86.7 Å². The maximum atomic E-state index is 12.2. The Morgan fingerprint density at radius 3 is 2.52 bits per heavy atom. The molecule has 1 rings (SSSR count). The lowest BCUT2D eigenvalue weighted by Gasteiger charge is -2.27. The normalized spacial score (nSPS) is 11.4. The van der Waals surface area contributed by atoms with E-state index in [1.54, 1.807) is 6.92 Å². The molecule has 0 atom stereocenters. The van der Waals surface area contributed by atoms with Crippen molar-refractivity contribution in [2.75, 3.05) is 24.0 Å². The molecule has 7 heteroatoms. The fourth-order valence-corrected chi connectivity index (χ4v) is 2.52. The van der Waals surface area contributed by atoms with E-state index in [2.05, 4.69) is 0 Å². The Morgan fingerprint density at radius 2 is 2.00 bits per heavy atom. The molecule has 21 heavy (non-hydrogen) atoms. The molecular formula is C14H20NO5S-. The molecule has 0 heterocycles. The number of carbonyl (C=O) groups is 1. The molecule has 1 amide bonds. The molecule has 6 nitrogen and oxygen atoms in total. The van der Waals surface area contributed by atoms with E-state index in [9.17, 15) is 17.8 Å². The molecule has 0 unspecified atom stereocenters. The second-order valence-electron chi connectivity index (χ2n) is 4.58. The zero-order valence-corrected chi connectivity index (χ0v) is 13.3. The first kappa shape index (κ1) is 17.6. The van der Waals surface area contributed by atoms with Crippen molar-refractivity contribution in [1.82, 2.24) is 0 Å². The summed E-state index contributed by atoms with van der Waals surface area (Å²) in [5.41, 5.74) is 2.33. The Labute approximate surface area is 125 Å². The van der Waals surface area contributed by atoms with Crippen molar-refractivity contribution in [1.29, 1.82) is 0 Å². The predicted molar refractivity (Wildman–Crippen MR) is 79.1 cm³/mol. The molecule has 0 aliphatic heterocycles. The summed E-state index contributed by atoms with van der Waals surface area (Å²) in [4.78, 5) is 13.4. The maximum Gasteiger partial charge on any atom is 0.242 e. The van der Waals surface area contributed by atoms with Crippen LogP contribution in [0.3, 0.4) is 0 Å². The molecule has 1 aromatic rings. The quantitative estimate of drug-likeness (QED) is 0.561. The van der Waals surface area contributed by atoms with Crippen LogP contribution in [-0.2, 0) is 26.1 Å². The number of anilines is 1. The summed E-state index contributed by atoms with van der Waals surface area (Å²) in [5, 5.41) is 0. The van der Waals surface area contributed by atoms with Crippen LogP contribution in [-0.4, -0.2) is 38.0 Å². The first-order valence-electron chi connectivity index (χ1n) is 6.70. The smallest absolute Gasteiger partial charge is 0.242 e. The zero-order valence-electron chi connectivity index (χ0n) is 12.5. The number of carbonyl (C=O) groups excluding carboxylic acids is 1. The van der Waals surface area contributed by atoms with Crippen LogP contribution < -0.4 is 4.90 Å². The first-order valence-corrected chi connectivity index (χ1v) is 8.28. The van der Waals surface area contributed by atoms with Crippen LogP contribution in [0.15, 0.2) is 18.2 Å². The third-order valence-electron chi connectivity index (χ3n) is 3.00. The minimum atomic E-state index is -4.63. The van der Waals surface area contributed by atoms with Crippen molar-refractivity contribution in [3.05, 3.63) is 29.3 Å². The zero-order chi connectivity index (χ0) is 16.0. The fourth-order valence-electron chi connectivity index (χ4n) is 2.06. The van der Waals surface area contributed by atoms with Gasteiger partial charge in [0.2, 0.25) is 5.91 Å². The number of para-hydroxylation sites is 1. The van der Waals surface area contributed by atoms with E-state index in [-0.39, 0.29) is 6.73 Å².